The molecule has 0 fully saturated rings. The number of carboxylic acids is 1. The van der Waals surface area contributed by atoms with Gasteiger partial charge >= 0.3 is 0 Å². The summed E-state index contributed by atoms with van der Waals surface area (Å²) in [6, 6.07) is 0. The third kappa shape index (κ3) is 5.66. The average Bonchev–Trinajstić information content (AvgIpc) is 2.10. The Hall–Kier alpha value is -1.16. The lowest BCUT2D eigenvalue weighted by molar-refractivity contribution is -0.303. The molecule has 1 unspecified atom stereocenters. The van der Waals surface area contributed by atoms with Gasteiger partial charge in [-0.2, -0.15) is 0 Å². The van der Waals surface area contributed by atoms with Crippen molar-refractivity contribution in [3.63, 3.8) is 0 Å². The zero-order chi connectivity index (χ0) is 12.9. The highest BCUT2D eigenvalue weighted by molar-refractivity contribution is 7.80. The van der Waals surface area contributed by atoms with Gasteiger partial charge in [0.1, 0.15) is 23.9 Å². The lowest BCUT2D eigenvalue weighted by Crippen LogP contribution is -2.30. The molecule has 2 atom stereocenters. The van der Waals surface area contributed by atoms with Crippen molar-refractivity contribution in [3.8, 4) is 0 Å². The van der Waals surface area contributed by atoms with Crippen LogP contribution in [0.4, 0.5) is 0 Å². The van der Waals surface area contributed by atoms with Gasteiger partial charge in [0, 0.05) is 0 Å². The molecule has 0 aromatic heterocycles. The second-order valence-electron chi connectivity index (χ2n) is 2.72. The summed E-state index contributed by atoms with van der Waals surface area (Å²) in [6.07, 6.45) is -2.42. The van der Waals surface area contributed by atoms with Crippen LogP contribution in [0.5, 0.6) is 0 Å². The highest BCUT2D eigenvalue weighted by Crippen LogP contribution is 2.06. The number of aliphatic carboxylic acids is 1. The smallest absolute Gasteiger partial charge is 0.217 e. The van der Waals surface area contributed by atoms with E-state index in [1.54, 1.807) is 0 Å². The molecule has 0 radical (unpaired) electrons. The molecule has 0 amide bonds. The second kappa shape index (κ2) is 5.80. The third-order valence-electron chi connectivity index (χ3n) is 1.49. The fourth-order valence-corrected chi connectivity index (χ4v) is 1.24. The van der Waals surface area contributed by atoms with Crippen molar-refractivity contribution >= 4 is 16.4 Å². The summed E-state index contributed by atoms with van der Waals surface area (Å²) in [4.78, 5) is 10.3. The van der Waals surface area contributed by atoms with Gasteiger partial charge in [-0.05, 0) is 13.0 Å². The molecule has 0 spiro atoms. The summed E-state index contributed by atoms with van der Waals surface area (Å²) in [6.45, 7) is 1.07. The largest absolute Gasteiger partial charge is 0.726 e. The minimum absolute atomic E-state index is 0.658. The molecule has 1 N–H and O–H groups in total. The van der Waals surface area contributed by atoms with Crippen LogP contribution in [0.3, 0.4) is 0 Å². The van der Waals surface area contributed by atoms with E-state index in [-0.39, 0.29) is 0 Å². The lowest BCUT2D eigenvalue weighted by atomic mass is 10.2. The van der Waals surface area contributed by atoms with Gasteiger partial charge < -0.3 is 24.3 Å². The van der Waals surface area contributed by atoms with E-state index in [2.05, 4.69) is 8.92 Å². The van der Waals surface area contributed by atoms with Crippen molar-refractivity contribution < 1.29 is 36.9 Å². The Morgan fingerprint density at radius 3 is 2.31 bits per heavy atom. The van der Waals surface area contributed by atoms with Gasteiger partial charge in [-0.3, -0.25) is 4.18 Å². The van der Waals surface area contributed by atoms with Crippen LogP contribution in [0.2, 0.25) is 0 Å². The molecule has 0 aliphatic rings. The normalized spacial score (nSPS) is 16.6. The molecule has 9 heteroatoms. The Balaban J connectivity index is 4.68. The van der Waals surface area contributed by atoms with E-state index < -0.39 is 34.3 Å². The van der Waals surface area contributed by atoms with Crippen LogP contribution in [0.15, 0.2) is 11.8 Å². The van der Waals surface area contributed by atoms with Crippen LogP contribution in [0.25, 0.3) is 0 Å². The Morgan fingerprint density at radius 2 is 2.00 bits per heavy atom. The highest BCUT2D eigenvalue weighted by atomic mass is 32.3. The first-order chi connectivity index (χ1) is 7.17. The first-order valence-corrected chi connectivity index (χ1v) is 5.30. The van der Waals surface area contributed by atoms with E-state index in [1.165, 1.54) is 0 Å². The van der Waals surface area contributed by atoms with Crippen LogP contribution in [0, 0.1) is 0 Å². The molecule has 0 aliphatic carbocycles. The predicted octanol–water partition coefficient (Wildman–Crippen LogP) is -2.51. The maximum absolute atomic E-state index is 10.3. The monoisotopic (exact) mass is 254 g/mol. The standard InChI is InChI=1S/C7H12O8S/c1-4(15-16(11,12)13)5(8)3-6(14-2)7(9)10/h3-5,8H,1-2H3,(H,9,10)(H,11,12,13)/p-2/b6-3-/t4?,5-/m1/s1. The fraction of sp³-hybridized carbons (Fsp3) is 0.571. The van der Waals surface area contributed by atoms with Crippen molar-refractivity contribution in [2.24, 2.45) is 0 Å². The summed E-state index contributed by atoms with van der Waals surface area (Å²) in [5.74, 6) is -2.40. The number of carbonyl (C=O) groups excluding carboxylic acids is 1. The SMILES string of the molecule is CO/C(=C\[C@@H](O)C(C)OS(=O)(=O)[O-])C(=O)[O-]. The molecular weight excluding hydrogens is 244 g/mol. The van der Waals surface area contributed by atoms with Crippen LogP contribution in [0.1, 0.15) is 6.92 Å². The lowest BCUT2D eigenvalue weighted by Gasteiger charge is -2.19. The van der Waals surface area contributed by atoms with E-state index in [0.717, 1.165) is 14.0 Å². The summed E-state index contributed by atoms with van der Waals surface area (Å²) in [5, 5.41) is 19.6. The van der Waals surface area contributed by atoms with Gasteiger partial charge in [-0.15, -0.1) is 0 Å². The quantitative estimate of drug-likeness (QED) is 0.237. The van der Waals surface area contributed by atoms with E-state index in [1.807, 2.05) is 0 Å². The fourth-order valence-electron chi connectivity index (χ4n) is 0.753. The molecule has 16 heavy (non-hydrogen) atoms. The first kappa shape index (κ1) is 14.8. The molecule has 0 aromatic rings. The van der Waals surface area contributed by atoms with E-state index in [0.29, 0.717) is 6.08 Å². The Bertz CT molecular complexity index is 370. The number of methoxy groups -OCH3 is 1. The zero-order valence-corrected chi connectivity index (χ0v) is 9.26. The number of hydrogen-bond donors (Lipinski definition) is 1. The molecule has 0 saturated carbocycles. The molecule has 0 heterocycles. The van der Waals surface area contributed by atoms with Crippen molar-refractivity contribution in [2.45, 2.75) is 19.1 Å². The van der Waals surface area contributed by atoms with Crippen molar-refractivity contribution in [2.75, 3.05) is 7.11 Å². The van der Waals surface area contributed by atoms with Crippen LogP contribution in [-0.2, 0) is 24.1 Å². The number of rotatable bonds is 6. The van der Waals surface area contributed by atoms with E-state index in [9.17, 15) is 28.0 Å². The zero-order valence-electron chi connectivity index (χ0n) is 8.45. The Kier molecular flexibility index (Phi) is 5.38. The Morgan fingerprint density at radius 1 is 1.50 bits per heavy atom. The number of aliphatic hydroxyl groups is 1. The summed E-state index contributed by atoms with van der Waals surface area (Å²) in [5.41, 5.74) is 0. The van der Waals surface area contributed by atoms with Gasteiger partial charge in [0.2, 0.25) is 10.4 Å². The van der Waals surface area contributed by atoms with Crippen LogP contribution < -0.4 is 5.11 Å². The summed E-state index contributed by atoms with van der Waals surface area (Å²) < 4.78 is 38.7. The topological polar surface area (TPSA) is 136 Å². The first-order valence-electron chi connectivity index (χ1n) is 3.96. The van der Waals surface area contributed by atoms with Gasteiger partial charge in [0.05, 0.1) is 7.11 Å². The van der Waals surface area contributed by atoms with Crippen molar-refractivity contribution in [3.05, 3.63) is 11.8 Å². The van der Waals surface area contributed by atoms with E-state index in [4.69, 9.17) is 0 Å². The van der Waals surface area contributed by atoms with Crippen LogP contribution >= 0.6 is 0 Å². The second-order valence-corrected chi connectivity index (χ2v) is 3.73. The number of carbonyl (C=O) groups is 1. The summed E-state index contributed by atoms with van der Waals surface area (Å²) >= 11 is 0. The van der Waals surface area contributed by atoms with Gasteiger partial charge in [0.15, 0.2) is 0 Å². The summed E-state index contributed by atoms with van der Waals surface area (Å²) in [7, 11) is -3.96. The molecule has 0 rings (SSSR count). The minimum atomic E-state index is -4.97. The maximum atomic E-state index is 10.3. The van der Waals surface area contributed by atoms with Crippen LogP contribution in [-0.4, -0.2) is 43.4 Å². The van der Waals surface area contributed by atoms with Gasteiger partial charge in [-0.25, -0.2) is 8.42 Å². The molecule has 8 nitrogen and oxygen atoms in total. The number of aliphatic hydroxyl groups excluding tert-OH is 1. The minimum Gasteiger partial charge on any atom is -0.726 e. The number of carboxylic acid groups (broad SMARTS) is 1. The maximum Gasteiger partial charge on any atom is 0.217 e. The molecule has 0 bridgehead atoms. The molecule has 0 aromatic carbocycles. The average molecular weight is 254 g/mol. The molecule has 0 aliphatic heterocycles. The molecule has 94 valence electrons. The van der Waals surface area contributed by atoms with E-state index >= 15 is 0 Å². The van der Waals surface area contributed by atoms with Gasteiger partial charge in [-0.1, -0.05) is 0 Å². The molecular formula is C7H10O8S-2. The Labute approximate surface area is 92.1 Å². The number of hydrogen-bond acceptors (Lipinski definition) is 8. The van der Waals surface area contributed by atoms with Gasteiger partial charge in [0.25, 0.3) is 0 Å². The van der Waals surface area contributed by atoms with Crippen molar-refractivity contribution in [1.29, 1.82) is 0 Å². The number of ether oxygens (including phenoxy) is 1. The molecule has 0 saturated heterocycles. The van der Waals surface area contributed by atoms with Crippen molar-refractivity contribution in [1.82, 2.24) is 0 Å². The third-order valence-corrected chi connectivity index (χ3v) is 2.03. The highest BCUT2D eigenvalue weighted by Gasteiger charge is 2.16. The predicted molar refractivity (Wildman–Crippen MR) is 46.4 cm³/mol.